The van der Waals surface area contributed by atoms with Gasteiger partial charge < -0.3 is 10.1 Å². The van der Waals surface area contributed by atoms with E-state index in [9.17, 15) is 14.4 Å². The summed E-state index contributed by atoms with van der Waals surface area (Å²) < 4.78 is 5.54. The predicted octanol–water partition coefficient (Wildman–Crippen LogP) is 6.40. The van der Waals surface area contributed by atoms with Crippen LogP contribution >= 0.6 is 0 Å². The van der Waals surface area contributed by atoms with Crippen molar-refractivity contribution in [2.45, 2.75) is 119 Å². The van der Waals surface area contributed by atoms with Crippen LogP contribution < -0.4 is 5.32 Å². The fourth-order valence-electron chi connectivity index (χ4n) is 10.5. The molecule has 0 bridgehead atoms. The topological polar surface area (TPSA) is 72.5 Å². The minimum absolute atomic E-state index is 0.0815. The van der Waals surface area contributed by atoms with E-state index in [2.05, 4.69) is 53.8 Å². The van der Waals surface area contributed by atoms with Crippen LogP contribution in [0.2, 0.25) is 0 Å². The van der Waals surface area contributed by atoms with Gasteiger partial charge in [-0.05, 0) is 119 Å². The van der Waals surface area contributed by atoms with Gasteiger partial charge in [-0.2, -0.15) is 0 Å². The summed E-state index contributed by atoms with van der Waals surface area (Å²) in [7, 11) is 0. The Morgan fingerprint density at radius 2 is 1.65 bits per heavy atom. The van der Waals surface area contributed by atoms with E-state index < -0.39 is 5.41 Å². The van der Waals surface area contributed by atoms with Gasteiger partial charge in [0.15, 0.2) is 5.78 Å². The molecule has 3 saturated carbocycles. The zero-order valence-electron chi connectivity index (χ0n) is 24.5. The first-order valence-corrected chi connectivity index (χ1v) is 14.8. The summed E-state index contributed by atoms with van der Waals surface area (Å²) in [5.41, 5.74) is 0.107. The van der Waals surface area contributed by atoms with Crippen molar-refractivity contribution in [2.24, 2.45) is 44.8 Å². The summed E-state index contributed by atoms with van der Waals surface area (Å²) in [5, 5.41) is 3.29. The van der Waals surface area contributed by atoms with Crippen molar-refractivity contribution >= 4 is 17.7 Å². The molecule has 4 aliphatic carbocycles. The maximum atomic E-state index is 14.4. The van der Waals surface area contributed by atoms with E-state index in [1.165, 1.54) is 5.57 Å². The van der Waals surface area contributed by atoms with Gasteiger partial charge in [-0.25, -0.2) is 0 Å². The zero-order valence-corrected chi connectivity index (χ0v) is 24.5. The van der Waals surface area contributed by atoms with Crippen molar-refractivity contribution in [3.63, 3.8) is 0 Å². The number of fused-ring (bicyclic) bond motifs is 7. The predicted molar refractivity (Wildman–Crippen MR) is 145 cm³/mol. The minimum atomic E-state index is -0.499. The highest BCUT2D eigenvalue weighted by molar-refractivity contribution is 5.96. The first kappa shape index (κ1) is 26.9. The minimum Gasteiger partial charge on any atom is -0.466 e. The van der Waals surface area contributed by atoms with Gasteiger partial charge in [0, 0.05) is 17.9 Å². The van der Waals surface area contributed by atoms with E-state index in [1.54, 1.807) is 0 Å². The zero-order chi connectivity index (χ0) is 27.2. The lowest BCUT2D eigenvalue weighted by Gasteiger charge is -2.69. The lowest BCUT2D eigenvalue weighted by atomic mass is 9.35. The lowest BCUT2D eigenvalue weighted by Crippen LogP contribution is -2.66. The molecule has 8 atom stereocenters. The van der Waals surface area contributed by atoms with Crippen LogP contribution in [0.5, 0.6) is 0 Å². The third-order valence-electron chi connectivity index (χ3n) is 12.8. The van der Waals surface area contributed by atoms with Gasteiger partial charge in [0.1, 0.15) is 0 Å². The highest BCUT2D eigenvalue weighted by Gasteiger charge is 2.69. The van der Waals surface area contributed by atoms with Crippen LogP contribution in [-0.4, -0.2) is 29.8 Å². The van der Waals surface area contributed by atoms with Crippen LogP contribution in [-0.2, 0) is 19.1 Å². The molecule has 1 saturated heterocycles. The number of nitrogens with one attached hydrogen (secondary N) is 1. The third-order valence-corrected chi connectivity index (χ3v) is 12.8. The number of esters is 1. The number of carbonyl (C=O) groups is 3. The highest BCUT2D eigenvalue weighted by Crippen LogP contribution is 2.73. The number of rotatable bonds is 2. The van der Waals surface area contributed by atoms with Gasteiger partial charge in [0.2, 0.25) is 5.91 Å². The summed E-state index contributed by atoms with van der Waals surface area (Å²) in [6.45, 7) is 18.2. The molecule has 0 aromatic rings. The van der Waals surface area contributed by atoms with Crippen molar-refractivity contribution < 1.29 is 19.1 Å². The molecule has 0 unspecified atom stereocenters. The first-order chi connectivity index (χ1) is 17.1. The smallest absolute Gasteiger partial charge is 0.311 e. The number of amides is 1. The molecular formula is C32H49NO4. The van der Waals surface area contributed by atoms with Crippen LogP contribution in [0.3, 0.4) is 0 Å². The molecule has 5 nitrogen and oxygen atoms in total. The van der Waals surface area contributed by atoms with Gasteiger partial charge in [-0.1, -0.05) is 33.3 Å². The highest BCUT2D eigenvalue weighted by atomic mass is 16.5. The van der Waals surface area contributed by atoms with E-state index >= 15 is 0 Å². The van der Waals surface area contributed by atoms with Crippen LogP contribution in [0.4, 0.5) is 0 Å². The summed E-state index contributed by atoms with van der Waals surface area (Å²) in [5.74, 6) is 0.686. The van der Waals surface area contributed by atoms with Crippen LogP contribution in [0.15, 0.2) is 11.6 Å². The van der Waals surface area contributed by atoms with Gasteiger partial charge in [0.05, 0.1) is 12.0 Å². The number of ketones is 1. The van der Waals surface area contributed by atoms with E-state index in [4.69, 9.17) is 4.74 Å². The second-order valence-corrected chi connectivity index (χ2v) is 15.2. The molecule has 4 fully saturated rings. The molecule has 5 rings (SSSR count). The third kappa shape index (κ3) is 3.57. The molecule has 206 valence electrons. The quantitative estimate of drug-likeness (QED) is 0.436. The van der Waals surface area contributed by atoms with Crippen molar-refractivity contribution in [2.75, 3.05) is 6.61 Å². The number of hydrogen-bond donors (Lipinski definition) is 1. The molecule has 37 heavy (non-hydrogen) atoms. The Labute approximate surface area is 223 Å². The molecule has 0 radical (unpaired) electrons. The Bertz CT molecular complexity index is 1060. The molecule has 5 aliphatic rings. The lowest BCUT2D eigenvalue weighted by molar-refractivity contribution is -0.173. The number of ether oxygens (including phenoxy) is 1. The maximum absolute atomic E-state index is 14.4. The first-order valence-electron chi connectivity index (χ1n) is 14.8. The summed E-state index contributed by atoms with van der Waals surface area (Å²) in [4.78, 5) is 40.2. The summed E-state index contributed by atoms with van der Waals surface area (Å²) in [6.07, 6.45) is 10.2. The maximum Gasteiger partial charge on any atom is 0.311 e. The Hall–Kier alpha value is -1.65. The van der Waals surface area contributed by atoms with Crippen molar-refractivity contribution in [3.05, 3.63) is 11.6 Å². The van der Waals surface area contributed by atoms with Gasteiger partial charge in [-0.3, -0.25) is 14.4 Å². The largest absolute Gasteiger partial charge is 0.466 e. The van der Waals surface area contributed by atoms with E-state index in [-0.39, 0.29) is 62.6 Å². The number of hydrogen-bond acceptors (Lipinski definition) is 4. The SMILES string of the molecule is CCOC(=O)[C@@]1(C)CC[C@]2(C)CC[C@]3(C)C(=CC(=O)[C@@H]4[C@@]5(C)CCC(=O)NC(C)(C)[C@@H]5CC[C@]43C)[C@@H]2C1. The molecule has 1 aliphatic heterocycles. The molecule has 1 heterocycles. The van der Waals surface area contributed by atoms with Crippen LogP contribution in [0.1, 0.15) is 113 Å². The second-order valence-electron chi connectivity index (χ2n) is 15.2. The van der Waals surface area contributed by atoms with Gasteiger partial charge >= 0.3 is 5.97 Å². The summed E-state index contributed by atoms with van der Waals surface area (Å²) in [6, 6.07) is 0. The molecule has 0 spiro atoms. The Morgan fingerprint density at radius 1 is 0.973 bits per heavy atom. The monoisotopic (exact) mass is 511 g/mol. The molecule has 5 heteroatoms. The second kappa shape index (κ2) is 8.18. The molecule has 0 aromatic heterocycles. The average molecular weight is 512 g/mol. The standard InChI is InChI=1S/C32H49NO4/c1-9-37-26(36)29(5)15-14-28(4)16-17-31(7)20(21(28)19-29)18-22(34)25-30(6)12-11-24(35)33-27(2,3)23(30)10-13-32(25,31)8/h18,21,23,25H,9-17,19H2,1-8H3,(H,33,35)/t21-,23-,25+,28+,29-,30-,31+,32+/m0/s1. The molecular weight excluding hydrogens is 462 g/mol. The molecule has 0 aromatic carbocycles. The van der Waals surface area contributed by atoms with Crippen LogP contribution in [0.25, 0.3) is 0 Å². The fraction of sp³-hybridized carbons (Fsp3) is 0.844. The van der Waals surface area contributed by atoms with Crippen LogP contribution in [0, 0.1) is 44.8 Å². The molecule has 1 amide bonds. The Balaban J connectivity index is 1.60. The van der Waals surface area contributed by atoms with Crippen molar-refractivity contribution in [3.8, 4) is 0 Å². The Kier molecular flexibility index (Phi) is 5.95. The molecule has 1 N–H and O–H groups in total. The Morgan fingerprint density at radius 3 is 2.32 bits per heavy atom. The fourth-order valence-corrected chi connectivity index (χ4v) is 10.5. The normalized spacial score (nSPS) is 48.8. The number of allylic oxidation sites excluding steroid dienone is 2. The van der Waals surface area contributed by atoms with Crippen molar-refractivity contribution in [1.29, 1.82) is 0 Å². The van der Waals surface area contributed by atoms with E-state index in [0.717, 1.165) is 51.4 Å². The van der Waals surface area contributed by atoms with Gasteiger partial charge in [0.25, 0.3) is 0 Å². The van der Waals surface area contributed by atoms with Gasteiger partial charge in [-0.15, -0.1) is 0 Å². The average Bonchev–Trinajstić information content (AvgIpc) is 2.89. The van der Waals surface area contributed by atoms with E-state index in [0.29, 0.717) is 13.0 Å². The van der Waals surface area contributed by atoms with E-state index in [1.807, 2.05) is 13.0 Å². The number of carbonyl (C=O) groups excluding carboxylic acids is 3. The summed E-state index contributed by atoms with van der Waals surface area (Å²) >= 11 is 0. The van der Waals surface area contributed by atoms with Crippen molar-refractivity contribution in [1.82, 2.24) is 5.32 Å².